The summed E-state index contributed by atoms with van der Waals surface area (Å²) in [4.78, 5) is 0. The van der Waals surface area contributed by atoms with E-state index in [4.69, 9.17) is 5.73 Å². The van der Waals surface area contributed by atoms with Crippen molar-refractivity contribution in [2.24, 2.45) is 5.73 Å². The zero-order valence-electron chi connectivity index (χ0n) is 9.75. The SMILES string of the molecule is NCc1nnc(SC2CCCC2O)n1C1CC1. The topological polar surface area (TPSA) is 77.0 Å². The molecular weight excluding hydrogens is 236 g/mol. The monoisotopic (exact) mass is 254 g/mol. The van der Waals surface area contributed by atoms with Crippen molar-refractivity contribution < 1.29 is 5.11 Å². The maximum Gasteiger partial charge on any atom is 0.191 e. The van der Waals surface area contributed by atoms with E-state index in [0.29, 0.717) is 12.6 Å². The van der Waals surface area contributed by atoms with Gasteiger partial charge in [-0.15, -0.1) is 10.2 Å². The molecule has 1 aromatic heterocycles. The normalized spacial score (nSPS) is 28.8. The largest absolute Gasteiger partial charge is 0.392 e. The Morgan fingerprint density at radius 3 is 2.71 bits per heavy atom. The highest BCUT2D eigenvalue weighted by atomic mass is 32.2. The Hall–Kier alpha value is -0.590. The predicted molar refractivity (Wildman–Crippen MR) is 65.7 cm³/mol. The molecule has 0 saturated heterocycles. The molecule has 0 amide bonds. The number of thioether (sulfide) groups is 1. The molecule has 6 heteroatoms. The maximum atomic E-state index is 9.86. The molecule has 94 valence electrons. The summed E-state index contributed by atoms with van der Waals surface area (Å²) in [6.45, 7) is 0.442. The molecule has 2 aliphatic rings. The minimum atomic E-state index is -0.189. The first kappa shape index (κ1) is 11.5. The second kappa shape index (κ2) is 4.59. The third-order valence-electron chi connectivity index (χ3n) is 3.50. The fourth-order valence-corrected chi connectivity index (χ4v) is 3.71. The van der Waals surface area contributed by atoms with Crippen LogP contribution in [0.4, 0.5) is 0 Å². The van der Waals surface area contributed by atoms with Crippen LogP contribution in [0.15, 0.2) is 5.16 Å². The summed E-state index contributed by atoms with van der Waals surface area (Å²) in [5.74, 6) is 0.877. The van der Waals surface area contributed by atoms with E-state index in [-0.39, 0.29) is 11.4 Å². The van der Waals surface area contributed by atoms with Crippen LogP contribution in [-0.2, 0) is 6.54 Å². The van der Waals surface area contributed by atoms with Gasteiger partial charge < -0.3 is 15.4 Å². The van der Waals surface area contributed by atoms with Crippen LogP contribution in [0.2, 0.25) is 0 Å². The van der Waals surface area contributed by atoms with Crippen molar-refractivity contribution in [2.75, 3.05) is 0 Å². The molecule has 5 nitrogen and oxygen atoms in total. The first-order valence-corrected chi connectivity index (χ1v) is 7.16. The summed E-state index contributed by atoms with van der Waals surface area (Å²) >= 11 is 1.67. The number of aliphatic hydroxyl groups excluding tert-OH is 1. The van der Waals surface area contributed by atoms with Gasteiger partial charge in [-0.1, -0.05) is 11.8 Å². The fourth-order valence-electron chi connectivity index (χ4n) is 2.41. The number of aromatic nitrogens is 3. The third-order valence-corrected chi connectivity index (χ3v) is 4.85. The van der Waals surface area contributed by atoms with Gasteiger partial charge >= 0.3 is 0 Å². The van der Waals surface area contributed by atoms with Crippen molar-refractivity contribution in [1.82, 2.24) is 14.8 Å². The van der Waals surface area contributed by atoms with Crippen LogP contribution in [-0.4, -0.2) is 31.2 Å². The van der Waals surface area contributed by atoms with Crippen molar-refractivity contribution in [1.29, 1.82) is 0 Å². The van der Waals surface area contributed by atoms with Crippen molar-refractivity contribution in [2.45, 2.75) is 61.2 Å². The van der Waals surface area contributed by atoms with Gasteiger partial charge in [0.1, 0.15) is 5.82 Å². The lowest BCUT2D eigenvalue weighted by molar-refractivity contribution is 0.188. The quantitative estimate of drug-likeness (QED) is 0.840. The number of rotatable bonds is 4. The number of nitrogens with zero attached hydrogens (tertiary/aromatic N) is 3. The van der Waals surface area contributed by atoms with Gasteiger partial charge in [0, 0.05) is 11.3 Å². The Balaban J connectivity index is 1.80. The van der Waals surface area contributed by atoms with E-state index in [0.717, 1.165) is 30.2 Å². The summed E-state index contributed by atoms with van der Waals surface area (Å²) in [5, 5.41) is 19.5. The van der Waals surface area contributed by atoms with Gasteiger partial charge in [0.05, 0.1) is 12.6 Å². The molecule has 0 aromatic carbocycles. The number of hydrogen-bond donors (Lipinski definition) is 2. The fraction of sp³-hybridized carbons (Fsp3) is 0.818. The third kappa shape index (κ3) is 2.21. The predicted octanol–water partition coefficient (Wildman–Crippen LogP) is 1.08. The van der Waals surface area contributed by atoms with Gasteiger partial charge in [-0.25, -0.2) is 0 Å². The van der Waals surface area contributed by atoms with Crippen LogP contribution in [0, 0.1) is 0 Å². The molecule has 0 aliphatic heterocycles. The zero-order valence-corrected chi connectivity index (χ0v) is 10.6. The molecule has 2 fully saturated rings. The summed E-state index contributed by atoms with van der Waals surface area (Å²) in [6.07, 6.45) is 5.31. The van der Waals surface area contributed by atoms with Crippen molar-refractivity contribution >= 4 is 11.8 Å². The van der Waals surface area contributed by atoms with Gasteiger partial charge in [-0.05, 0) is 32.1 Å². The van der Waals surface area contributed by atoms with Crippen LogP contribution < -0.4 is 5.73 Å². The number of hydrogen-bond acceptors (Lipinski definition) is 5. The molecule has 1 heterocycles. The average Bonchev–Trinajstić information content (AvgIpc) is 2.97. The lowest BCUT2D eigenvalue weighted by Crippen LogP contribution is -2.16. The van der Waals surface area contributed by atoms with Crippen LogP contribution in [0.1, 0.15) is 44.0 Å². The lowest BCUT2D eigenvalue weighted by atomic mass is 10.3. The number of aliphatic hydroxyl groups is 1. The van der Waals surface area contributed by atoms with Crippen LogP contribution in [0.3, 0.4) is 0 Å². The first-order chi connectivity index (χ1) is 8.29. The number of nitrogens with two attached hydrogens (primary N) is 1. The summed E-state index contributed by atoms with van der Waals surface area (Å²) in [6, 6.07) is 0.546. The maximum absolute atomic E-state index is 9.86. The average molecular weight is 254 g/mol. The molecule has 2 saturated carbocycles. The van der Waals surface area contributed by atoms with Gasteiger partial charge in [0.2, 0.25) is 0 Å². The standard InChI is InChI=1S/C11H18N4OS/c12-6-10-13-14-11(15(10)7-4-5-7)17-9-3-1-2-8(9)16/h7-9,16H,1-6,12H2. The van der Waals surface area contributed by atoms with Gasteiger partial charge in [-0.2, -0.15) is 0 Å². The van der Waals surface area contributed by atoms with E-state index in [1.54, 1.807) is 11.8 Å². The minimum absolute atomic E-state index is 0.189. The van der Waals surface area contributed by atoms with Crippen molar-refractivity contribution in [3.05, 3.63) is 5.82 Å². The Morgan fingerprint density at radius 2 is 2.12 bits per heavy atom. The molecule has 17 heavy (non-hydrogen) atoms. The van der Waals surface area contributed by atoms with Gasteiger partial charge in [0.25, 0.3) is 0 Å². The summed E-state index contributed by atoms with van der Waals surface area (Å²) in [7, 11) is 0. The van der Waals surface area contributed by atoms with Crippen LogP contribution in [0.5, 0.6) is 0 Å². The second-order valence-corrected chi connectivity index (χ2v) is 6.07. The van der Waals surface area contributed by atoms with Crippen molar-refractivity contribution in [3.8, 4) is 0 Å². The van der Waals surface area contributed by atoms with Crippen LogP contribution in [0.25, 0.3) is 0 Å². The van der Waals surface area contributed by atoms with E-state index in [2.05, 4.69) is 14.8 Å². The summed E-state index contributed by atoms with van der Waals surface area (Å²) < 4.78 is 2.18. The second-order valence-electron chi connectivity index (χ2n) is 4.86. The Morgan fingerprint density at radius 1 is 1.29 bits per heavy atom. The molecule has 2 atom stereocenters. The van der Waals surface area contributed by atoms with E-state index in [9.17, 15) is 5.11 Å². The smallest absolute Gasteiger partial charge is 0.191 e. The molecule has 2 aliphatic carbocycles. The summed E-state index contributed by atoms with van der Waals surface area (Å²) in [5.41, 5.74) is 5.68. The lowest BCUT2D eigenvalue weighted by Gasteiger charge is -2.14. The molecule has 3 N–H and O–H groups in total. The molecule has 0 bridgehead atoms. The van der Waals surface area contributed by atoms with Gasteiger partial charge in [0.15, 0.2) is 5.16 Å². The zero-order chi connectivity index (χ0) is 11.8. The Labute approximate surface area is 105 Å². The molecule has 2 unspecified atom stereocenters. The Kier molecular flexibility index (Phi) is 3.10. The van der Waals surface area contributed by atoms with E-state index >= 15 is 0 Å². The molecule has 0 radical (unpaired) electrons. The molecular formula is C11H18N4OS. The van der Waals surface area contributed by atoms with E-state index in [1.807, 2.05) is 0 Å². The first-order valence-electron chi connectivity index (χ1n) is 6.28. The molecule has 1 aromatic rings. The minimum Gasteiger partial charge on any atom is -0.392 e. The Bertz CT molecular complexity index is 404. The molecule has 3 rings (SSSR count). The van der Waals surface area contributed by atoms with Crippen LogP contribution >= 0.6 is 11.8 Å². The highest BCUT2D eigenvalue weighted by Gasteiger charge is 2.32. The van der Waals surface area contributed by atoms with Crippen molar-refractivity contribution in [3.63, 3.8) is 0 Å². The highest BCUT2D eigenvalue weighted by molar-refractivity contribution is 7.99. The van der Waals surface area contributed by atoms with E-state index < -0.39 is 0 Å². The van der Waals surface area contributed by atoms with Gasteiger partial charge in [-0.3, -0.25) is 0 Å². The van der Waals surface area contributed by atoms with E-state index in [1.165, 1.54) is 12.8 Å². The highest BCUT2D eigenvalue weighted by Crippen LogP contribution is 2.41. The molecule has 0 spiro atoms.